The molecule has 146 valence electrons. The molecule has 26 heavy (non-hydrogen) atoms. The Balaban J connectivity index is 2.18. The minimum Gasteiger partial charge on any atom is -0.466 e. The molecule has 0 radical (unpaired) electrons. The average molecular weight is 424 g/mol. The topological polar surface area (TPSA) is 52.6 Å². The molecule has 7 heteroatoms. The number of halogens is 3. The van der Waals surface area contributed by atoms with Crippen LogP contribution in [0.15, 0.2) is 12.1 Å². The van der Waals surface area contributed by atoms with Gasteiger partial charge in [-0.05, 0) is 12.5 Å². The zero-order chi connectivity index (χ0) is 19.4. The fraction of sp³-hybridized carbons (Fsp3) is 0.579. The van der Waals surface area contributed by atoms with Crippen LogP contribution in [0.2, 0.25) is 15.1 Å². The molecular formula is C19H25Cl3O4. The molecule has 0 amide bonds. The van der Waals surface area contributed by atoms with E-state index in [9.17, 15) is 9.59 Å². The lowest BCUT2D eigenvalue weighted by Gasteiger charge is -2.08. The SMILES string of the molecule is CCCCCCCCCOC(=O)CCC(=O)Oc1cc(Cl)cc(Cl)c1Cl. The molecule has 4 nitrogen and oxygen atoms in total. The monoisotopic (exact) mass is 422 g/mol. The van der Waals surface area contributed by atoms with Gasteiger partial charge in [0.2, 0.25) is 0 Å². The predicted octanol–water partition coefficient (Wildman–Crippen LogP) is 6.63. The first-order valence-corrected chi connectivity index (χ1v) is 10.1. The van der Waals surface area contributed by atoms with Crippen molar-refractivity contribution in [3.63, 3.8) is 0 Å². The van der Waals surface area contributed by atoms with Crippen LogP contribution >= 0.6 is 34.8 Å². The van der Waals surface area contributed by atoms with E-state index < -0.39 is 11.9 Å². The lowest BCUT2D eigenvalue weighted by Crippen LogP contribution is -2.13. The Labute approximate surface area is 170 Å². The number of hydrogen-bond donors (Lipinski definition) is 0. The van der Waals surface area contributed by atoms with Crippen molar-refractivity contribution in [2.24, 2.45) is 0 Å². The first-order chi connectivity index (χ1) is 12.4. The van der Waals surface area contributed by atoms with Crippen LogP contribution in [0.4, 0.5) is 0 Å². The Bertz CT molecular complexity index is 590. The highest BCUT2D eigenvalue weighted by molar-refractivity contribution is 6.44. The van der Waals surface area contributed by atoms with E-state index in [4.69, 9.17) is 44.3 Å². The lowest BCUT2D eigenvalue weighted by molar-refractivity contribution is -0.147. The van der Waals surface area contributed by atoms with Crippen LogP contribution in [0.25, 0.3) is 0 Å². The standard InChI is InChI=1S/C19H25Cl3O4/c1-2-3-4-5-6-7-8-11-25-17(23)9-10-18(24)26-16-13-14(20)12-15(21)19(16)22/h12-13H,2-11H2,1H3. The smallest absolute Gasteiger partial charge is 0.311 e. The van der Waals surface area contributed by atoms with Gasteiger partial charge < -0.3 is 9.47 Å². The molecule has 1 rings (SSSR count). The highest BCUT2D eigenvalue weighted by atomic mass is 35.5. The second-order valence-corrected chi connectivity index (χ2v) is 7.24. The number of unbranched alkanes of at least 4 members (excludes halogenated alkanes) is 6. The van der Waals surface area contributed by atoms with E-state index in [0.717, 1.165) is 19.3 Å². The van der Waals surface area contributed by atoms with Gasteiger partial charge >= 0.3 is 11.9 Å². The third-order valence-corrected chi connectivity index (χ3v) is 4.73. The van der Waals surface area contributed by atoms with Gasteiger partial charge in [-0.3, -0.25) is 9.59 Å². The number of carbonyl (C=O) groups excluding carboxylic acids is 2. The van der Waals surface area contributed by atoms with Gasteiger partial charge in [-0.15, -0.1) is 0 Å². The van der Waals surface area contributed by atoms with Gasteiger partial charge in [0.1, 0.15) is 5.02 Å². The van der Waals surface area contributed by atoms with E-state index in [1.807, 2.05) is 0 Å². The van der Waals surface area contributed by atoms with Gasteiger partial charge in [0, 0.05) is 11.1 Å². The molecule has 0 spiro atoms. The van der Waals surface area contributed by atoms with E-state index in [1.54, 1.807) is 0 Å². The largest absolute Gasteiger partial charge is 0.466 e. The molecule has 0 saturated carbocycles. The number of ether oxygens (including phenoxy) is 2. The van der Waals surface area contributed by atoms with Crippen LogP contribution in [0.3, 0.4) is 0 Å². The normalized spacial score (nSPS) is 10.6. The van der Waals surface area contributed by atoms with E-state index >= 15 is 0 Å². The Hall–Kier alpha value is -0.970. The van der Waals surface area contributed by atoms with Crippen molar-refractivity contribution < 1.29 is 19.1 Å². The van der Waals surface area contributed by atoms with E-state index in [2.05, 4.69) is 6.92 Å². The lowest BCUT2D eigenvalue weighted by atomic mass is 10.1. The van der Waals surface area contributed by atoms with Crippen molar-refractivity contribution in [3.05, 3.63) is 27.2 Å². The van der Waals surface area contributed by atoms with Crippen LogP contribution in [0.5, 0.6) is 5.75 Å². The van der Waals surface area contributed by atoms with Crippen molar-refractivity contribution >= 4 is 46.7 Å². The molecule has 0 atom stereocenters. The Morgan fingerprint density at radius 2 is 1.50 bits per heavy atom. The van der Waals surface area contributed by atoms with E-state index in [-0.39, 0.29) is 28.6 Å². The summed E-state index contributed by atoms with van der Waals surface area (Å²) in [5.74, 6) is -0.938. The maximum atomic E-state index is 11.8. The average Bonchev–Trinajstić information content (AvgIpc) is 2.59. The third kappa shape index (κ3) is 9.65. The number of hydrogen-bond acceptors (Lipinski definition) is 4. The molecule has 0 fully saturated rings. The molecule has 0 aliphatic heterocycles. The highest BCUT2D eigenvalue weighted by Crippen LogP contribution is 2.35. The van der Waals surface area contributed by atoms with Gasteiger partial charge in [0.15, 0.2) is 5.75 Å². The molecule has 0 aliphatic rings. The molecule has 0 N–H and O–H groups in total. The van der Waals surface area contributed by atoms with Crippen molar-refractivity contribution in [1.82, 2.24) is 0 Å². The van der Waals surface area contributed by atoms with Crippen molar-refractivity contribution in [2.45, 2.75) is 64.7 Å². The van der Waals surface area contributed by atoms with Crippen molar-refractivity contribution in [3.8, 4) is 5.75 Å². The number of esters is 2. The number of benzene rings is 1. The summed E-state index contributed by atoms with van der Waals surface area (Å²) in [6.45, 7) is 2.57. The quantitative estimate of drug-likeness (QED) is 0.164. The maximum Gasteiger partial charge on any atom is 0.311 e. The predicted molar refractivity (Wildman–Crippen MR) is 105 cm³/mol. The van der Waals surface area contributed by atoms with Gasteiger partial charge in [-0.1, -0.05) is 80.3 Å². The molecule has 1 aromatic rings. The first kappa shape index (κ1) is 23.1. The maximum absolute atomic E-state index is 11.8. The summed E-state index contributed by atoms with van der Waals surface area (Å²) in [7, 11) is 0. The molecule has 0 aromatic heterocycles. The third-order valence-electron chi connectivity index (χ3n) is 3.73. The van der Waals surface area contributed by atoms with Gasteiger partial charge in [-0.2, -0.15) is 0 Å². The van der Waals surface area contributed by atoms with Gasteiger partial charge in [-0.25, -0.2) is 0 Å². The Morgan fingerprint density at radius 1 is 0.885 bits per heavy atom. The highest BCUT2D eigenvalue weighted by Gasteiger charge is 2.14. The van der Waals surface area contributed by atoms with Gasteiger partial charge in [0.05, 0.1) is 24.5 Å². The van der Waals surface area contributed by atoms with Gasteiger partial charge in [0.25, 0.3) is 0 Å². The van der Waals surface area contributed by atoms with Crippen LogP contribution in [0, 0.1) is 0 Å². The summed E-state index contributed by atoms with van der Waals surface area (Å²) in [5, 5.41) is 0.596. The van der Waals surface area contributed by atoms with Crippen molar-refractivity contribution in [1.29, 1.82) is 0 Å². The minimum atomic E-state index is -0.599. The molecule has 0 bridgehead atoms. The molecule has 1 aromatic carbocycles. The van der Waals surface area contributed by atoms with Crippen LogP contribution in [0.1, 0.15) is 64.7 Å². The summed E-state index contributed by atoms with van der Waals surface area (Å²) in [5.41, 5.74) is 0. The fourth-order valence-electron chi connectivity index (χ4n) is 2.30. The zero-order valence-corrected chi connectivity index (χ0v) is 17.3. The Morgan fingerprint density at radius 3 is 2.19 bits per heavy atom. The molecule has 0 saturated heterocycles. The van der Waals surface area contributed by atoms with Crippen molar-refractivity contribution in [2.75, 3.05) is 6.61 Å². The summed E-state index contributed by atoms with van der Waals surface area (Å²) in [4.78, 5) is 23.5. The number of carbonyl (C=O) groups is 2. The second-order valence-electron chi connectivity index (χ2n) is 6.02. The van der Waals surface area contributed by atoms with E-state index in [0.29, 0.717) is 11.6 Å². The summed E-state index contributed by atoms with van der Waals surface area (Å²) in [6, 6.07) is 2.84. The number of rotatable bonds is 12. The minimum absolute atomic E-state index is 0.0404. The molecular weight excluding hydrogens is 399 g/mol. The molecule has 0 aliphatic carbocycles. The second kappa shape index (κ2) is 13.2. The fourth-order valence-corrected chi connectivity index (χ4v) is 2.92. The summed E-state index contributed by atoms with van der Waals surface area (Å²) >= 11 is 17.7. The zero-order valence-electron chi connectivity index (χ0n) is 15.0. The van der Waals surface area contributed by atoms with E-state index in [1.165, 1.54) is 37.8 Å². The van der Waals surface area contributed by atoms with Crippen LogP contribution < -0.4 is 4.74 Å². The first-order valence-electron chi connectivity index (χ1n) is 8.95. The summed E-state index contributed by atoms with van der Waals surface area (Å²) in [6.07, 6.45) is 7.91. The van der Waals surface area contributed by atoms with Crippen LogP contribution in [-0.2, 0) is 14.3 Å². The van der Waals surface area contributed by atoms with Crippen LogP contribution in [-0.4, -0.2) is 18.5 Å². The Kier molecular flexibility index (Phi) is 11.7. The summed E-state index contributed by atoms with van der Waals surface area (Å²) < 4.78 is 10.2. The molecule has 0 heterocycles. The molecule has 0 unspecified atom stereocenters.